The number of amides is 1. The summed E-state index contributed by atoms with van der Waals surface area (Å²) in [6, 6.07) is 19.5. The Morgan fingerprint density at radius 1 is 0.882 bits per heavy atom. The van der Waals surface area contributed by atoms with Crippen LogP contribution in [0.4, 0.5) is 11.4 Å². The molecule has 0 saturated heterocycles. The highest BCUT2D eigenvalue weighted by molar-refractivity contribution is 7.98. The molecule has 0 aliphatic heterocycles. The number of sulfonamides is 1. The number of benzene rings is 3. The van der Waals surface area contributed by atoms with Crippen LogP contribution in [0, 0.1) is 0 Å². The van der Waals surface area contributed by atoms with Crippen LogP contribution in [0.1, 0.15) is 34.6 Å². The maximum absolute atomic E-state index is 13.1. The van der Waals surface area contributed by atoms with Crippen molar-refractivity contribution in [2.75, 3.05) is 29.0 Å². The minimum absolute atomic E-state index is 0.209. The topological polar surface area (TPSA) is 92.8 Å². The average molecular weight is 499 g/mol. The smallest absolute Gasteiger partial charge is 0.338 e. The highest BCUT2D eigenvalue weighted by Gasteiger charge is 2.23. The van der Waals surface area contributed by atoms with E-state index in [0.717, 1.165) is 4.90 Å². The predicted octanol–water partition coefficient (Wildman–Crippen LogP) is 5.05. The third-order valence-electron chi connectivity index (χ3n) is 5.01. The van der Waals surface area contributed by atoms with Gasteiger partial charge < -0.3 is 10.1 Å². The van der Waals surface area contributed by atoms with Crippen LogP contribution in [0.15, 0.2) is 82.6 Å². The number of hydrogen-bond donors (Lipinski definition) is 1. The second-order valence-electron chi connectivity index (χ2n) is 7.14. The molecule has 0 aliphatic rings. The van der Waals surface area contributed by atoms with Crippen molar-refractivity contribution < 1.29 is 22.7 Å². The fourth-order valence-corrected chi connectivity index (χ4v) is 5.13. The molecule has 7 nitrogen and oxygen atoms in total. The van der Waals surface area contributed by atoms with Crippen molar-refractivity contribution in [2.45, 2.75) is 23.6 Å². The van der Waals surface area contributed by atoms with E-state index in [2.05, 4.69) is 5.32 Å². The number of hydrogen-bond acceptors (Lipinski definition) is 6. The Morgan fingerprint density at radius 3 is 2.00 bits per heavy atom. The Kier molecular flexibility index (Phi) is 8.36. The Morgan fingerprint density at radius 2 is 1.47 bits per heavy atom. The number of thioether (sulfide) groups is 1. The normalized spacial score (nSPS) is 11.0. The number of ether oxygens (including phenoxy) is 1. The van der Waals surface area contributed by atoms with Gasteiger partial charge in [0.25, 0.3) is 15.9 Å². The number of nitrogens with one attached hydrogen (secondary N) is 1. The van der Waals surface area contributed by atoms with Crippen molar-refractivity contribution in [3.63, 3.8) is 0 Å². The highest BCUT2D eigenvalue weighted by atomic mass is 32.2. The van der Waals surface area contributed by atoms with Crippen molar-refractivity contribution in [3.8, 4) is 0 Å². The van der Waals surface area contributed by atoms with Crippen LogP contribution in [-0.2, 0) is 14.8 Å². The van der Waals surface area contributed by atoms with Gasteiger partial charge in [0.15, 0.2) is 0 Å². The molecule has 3 rings (SSSR count). The molecule has 0 spiro atoms. The molecule has 178 valence electrons. The van der Waals surface area contributed by atoms with E-state index in [1.54, 1.807) is 98.4 Å². The van der Waals surface area contributed by atoms with Gasteiger partial charge in [-0.1, -0.05) is 0 Å². The van der Waals surface area contributed by atoms with Crippen molar-refractivity contribution in [1.82, 2.24) is 0 Å². The quantitative estimate of drug-likeness (QED) is 0.328. The lowest BCUT2D eigenvalue weighted by Crippen LogP contribution is -2.30. The minimum atomic E-state index is -3.74. The second-order valence-corrected chi connectivity index (χ2v) is 9.89. The van der Waals surface area contributed by atoms with E-state index >= 15 is 0 Å². The van der Waals surface area contributed by atoms with E-state index in [1.807, 2.05) is 6.26 Å². The van der Waals surface area contributed by atoms with E-state index in [4.69, 9.17) is 4.74 Å². The molecule has 0 atom stereocenters. The number of nitrogens with zero attached hydrogens (tertiary/aromatic N) is 1. The van der Waals surface area contributed by atoms with Crippen molar-refractivity contribution in [2.24, 2.45) is 0 Å². The van der Waals surface area contributed by atoms with Gasteiger partial charge in [-0.25, -0.2) is 13.2 Å². The van der Waals surface area contributed by atoms with Gasteiger partial charge in [0.2, 0.25) is 0 Å². The number of esters is 1. The molecular formula is C25H26N2O5S2. The monoisotopic (exact) mass is 498 g/mol. The highest BCUT2D eigenvalue weighted by Crippen LogP contribution is 2.26. The number of anilines is 2. The van der Waals surface area contributed by atoms with Gasteiger partial charge in [-0.05, 0) is 92.9 Å². The Hall–Kier alpha value is -3.30. The molecule has 0 bridgehead atoms. The summed E-state index contributed by atoms with van der Waals surface area (Å²) >= 11 is 1.54. The van der Waals surface area contributed by atoms with Gasteiger partial charge in [-0.15, -0.1) is 11.8 Å². The molecule has 1 amide bonds. The maximum Gasteiger partial charge on any atom is 0.338 e. The second kappa shape index (κ2) is 11.2. The standard InChI is InChI=1S/C25H26N2O5S2/c1-4-27(34(30,31)23-16-14-22(33-3)15-17-23)21-12-8-18(9-13-21)24(28)26-20-10-6-19(7-11-20)25(29)32-5-2/h6-17H,4-5H2,1-3H3,(H,26,28). The molecule has 9 heteroatoms. The van der Waals surface area contributed by atoms with E-state index in [1.165, 1.54) is 4.31 Å². The van der Waals surface area contributed by atoms with Crippen LogP contribution >= 0.6 is 11.8 Å². The van der Waals surface area contributed by atoms with Crippen LogP contribution < -0.4 is 9.62 Å². The SMILES string of the molecule is CCOC(=O)c1ccc(NC(=O)c2ccc(N(CC)S(=O)(=O)c3ccc(SC)cc3)cc2)cc1. The number of rotatable bonds is 9. The summed E-state index contributed by atoms with van der Waals surface area (Å²) in [6.45, 7) is 4.02. The molecule has 0 aliphatic carbocycles. The van der Waals surface area contributed by atoms with Crippen LogP contribution in [0.25, 0.3) is 0 Å². The maximum atomic E-state index is 13.1. The van der Waals surface area contributed by atoms with E-state index in [-0.39, 0.29) is 24.0 Å². The summed E-state index contributed by atoms with van der Waals surface area (Å²) in [5.41, 5.74) is 1.75. The first-order valence-electron chi connectivity index (χ1n) is 10.7. The van der Waals surface area contributed by atoms with E-state index in [0.29, 0.717) is 22.5 Å². The molecule has 0 heterocycles. The molecule has 0 radical (unpaired) electrons. The first-order chi connectivity index (χ1) is 16.3. The molecule has 1 N–H and O–H groups in total. The third kappa shape index (κ3) is 5.78. The predicted molar refractivity (Wildman–Crippen MR) is 135 cm³/mol. The van der Waals surface area contributed by atoms with Gasteiger partial charge in [-0.3, -0.25) is 9.10 Å². The Bertz CT molecular complexity index is 1240. The fourth-order valence-electron chi connectivity index (χ4n) is 3.25. The zero-order chi connectivity index (χ0) is 24.7. The van der Waals surface area contributed by atoms with Gasteiger partial charge in [-0.2, -0.15) is 0 Å². The lowest BCUT2D eigenvalue weighted by Gasteiger charge is -2.23. The zero-order valence-corrected chi connectivity index (χ0v) is 20.8. The van der Waals surface area contributed by atoms with Gasteiger partial charge >= 0.3 is 5.97 Å². The van der Waals surface area contributed by atoms with E-state index < -0.39 is 16.0 Å². The van der Waals surface area contributed by atoms with Crippen molar-refractivity contribution in [1.29, 1.82) is 0 Å². The molecule has 34 heavy (non-hydrogen) atoms. The van der Waals surface area contributed by atoms with E-state index in [9.17, 15) is 18.0 Å². The Balaban J connectivity index is 1.73. The van der Waals surface area contributed by atoms with Crippen molar-refractivity contribution >= 4 is 45.0 Å². The van der Waals surface area contributed by atoms with Gasteiger partial charge in [0, 0.05) is 22.7 Å². The molecule has 0 fully saturated rings. The molecular weight excluding hydrogens is 472 g/mol. The van der Waals surface area contributed by atoms with Gasteiger partial charge in [0.05, 0.1) is 22.8 Å². The number of carbonyl (C=O) groups excluding carboxylic acids is 2. The van der Waals surface area contributed by atoms with Crippen LogP contribution in [0.3, 0.4) is 0 Å². The summed E-state index contributed by atoms with van der Waals surface area (Å²) in [4.78, 5) is 25.6. The van der Waals surface area contributed by atoms with Gasteiger partial charge in [0.1, 0.15) is 0 Å². The lowest BCUT2D eigenvalue weighted by molar-refractivity contribution is 0.0526. The molecule has 0 saturated carbocycles. The van der Waals surface area contributed by atoms with Crippen molar-refractivity contribution in [3.05, 3.63) is 83.9 Å². The summed E-state index contributed by atoms with van der Waals surface area (Å²) in [5.74, 6) is -0.777. The summed E-state index contributed by atoms with van der Waals surface area (Å²) in [6.07, 6.45) is 1.93. The van der Waals surface area contributed by atoms with Crippen LogP contribution in [0.2, 0.25) is 0 Å². The fraction of sp³-hybridized carbons (Fsp3) is 0.200. The zero-order valence-electron chi connectivity index (χ0n) is 19.1. The first-order valence-corrected chi connectivity index (χ1v) is 13.3. The average Bonchev–Trinajstić information content (AvgIpc) is 2.85. The summed E-state index contributed by atoms with van der Waals surface area (Å²) in [7, 11) is -3.74. The minimum Gasteiger partial charge on any atom is -0.462 e. The van der Waals surface area contributed by atoms with Crippen LogP contribution in [-0.4, -0.2) is 39.7 Å². The largest absolute Gasteiger partial charge is 0.462 e. The Labute approximate surface area is 204 Å². The summed E-state index contributed by atoms with van der Waals surface area (Å²) < 4.78 is 32.5. The molecule has 0 aromatic heterocycles. The summed E-state index contributed by atoms with van der Waals surface area (Å²) in [5, 5.41) is 2.76. The molecule has 3 aromatic rings. The third-order valence-corrected chi connectivity index (χ3v) is 7.67. The first kappa shape index (κ1) is 25.3. The van der Waals surface area contributed by atoms with Crippen LogP contribution in [0.5, 0.6) is 0 Å². The molecule has 0 unspecified atom stereocenters. The number of carbonyl (C=O) groups is 2. The molecule has 3 aromatic carbocycles. The lowest BCUT2D eigenvalue weighted by atomic mass is 10.1.